The van der Waals surface area contributed by atoms with Crippen LogP contribution in [0.4, 0.5) is 5.69 Å². The van der Waals surface area contributed by atoms with Crippen LogP contribution in [0.5, 0.6) is 0 Å². The van der Waals surface area contributed by atoms with Gasteiger partial charge in [0.15, 0.2) is 0 Å². The van der Waals surface area contributed by atoms with Crippen LogP contribution < -0.4 is 5.32 Å². The molecule has 0 aliphatic heterocycles. The van der Waals surface area contributed by atoms with Gasteiger partial charge in [0.25, 0.3) is 0 Å². The molecule has 0 heterocycles. The number of esters is 1. The summed E-state index contributed by atoms with van der Waals surface area (Å²) in [6.45, 7) is 13.1. The number of carbonyl (C=O) groups excluding carboxylic acids is 1. The number of benzene rings is 2. The number of hydrogen-bond acceptors (Lipinski definition) is 3. The number of rotatable bonds is 5. The van der Waals surface area contributed by atoms with Crippen LogP contribution in [0.15, 0.2) is 60.1 Å². The first-order valence-corrected chi connectivity index (χ1v) is 10.5. The lowest BCUT2D eigenvalue weighted by Gasteiger charge is -2.42. The summed E-state index contributed by atoms with van der Waals surface area (Å²) in [5.74, 6) is 0.448. The summed E-state index contributed by atoms with van der Waals surface area (Å²) in [6.07, 6.45) is 3.92. The van der Waals surface area contributed by atoms with Crippen molar-refractivity contribution in [2.45, 2.75) is 51.4 Å². The van der Waals surface area contributed by atoms with Crippen molar-refractivity contribution in [3.05, 3.63) is 77.4 Å². The molecule has 0 amide bonds. The molecule has 3 rings (SSSR count). The second kappa shape index (κ2) is 8.47. The second-order valence-electron chi connectivity index (χ2n) is 9.19. The van der Waals surface area contributed by atoms with Crippen LogP contribution in [-0.4, -0.2) is 25.5 Å². The maximum atomic E-state index is 12.0. The number of amidine groups is 1. The Hall–Kier alpha value is -2.88. The van der Waals surface area contributed by atoms with E-state index in [0.29, 0.717) is 5.56 Å². The van der Waals surface area contributed by atoms with E-state index in [1.807, 2.05) is 12.1 Å². The zero-order chi connectivity index (χ0) is 21.9. The molecule has 0 spiro atoms. The molecule has 2 aromatic carbocycles. The van der Waals surface area contributed by atoms with E-state index in [2.05, 4.69) is 62.8 Å². The van der Waals surface area contributed by atoms with Crippen molar-refractivity contribution < 1.29 is 9.53 Å². The Bertz CT molecular complexity index is 969. The smallest absolute Gasteiger partial charge is 0.338 e. The number of nitrogens with zero attached hydrogens (tertiary/aromatic N) is 1. The zero-order valence-electron chi connectivity index (χ0n) is 18.7. The SMILES string of the molecule is C=CCOC(=O)c1ccc(NC(=NC)c2ccc3c(c2)C(C)(C)CCC3(C)C)cc1. The van der Waals surface area contributed by atoms with Gasteiger partial charge in [0.2, 0.25) is 0 Å². The summed E-state index contributed by atoms with van der Waals surface area (Å²) < 4.78 is 5.08. The highest BCUT2D eigenvalue weighted by molar-refractivity contribution is 6.08. The average Bonchev–Trinajstić information content (AvgIpc) is 2.74. The van der Waals surface area contributed by atoms with Gasteiger partial charge in [-0.05, 0) is 65.1 Å². The van der Waals surface area contributed by atoms with E-state index in [1.54, 1.807) is 25.3 Å². The molecule has 4 heteroatoms. The number of nitrogens with one attached hydrogen (secondary N) is 1. The molecular formula is C26H32N2O2. The van der Waals surface area contributed by atoms with Crippen molar-refractivity contribution >= 4 is 17.5 Å². The molecule has 1 aliphatic rings. The Morgan fingerprint density at radius 3 is 2.23 bits per heavy atom. The third kappa shape index (κ3) is 4.48. The fourth-order valence-corrected chi connectivity index (χ4v) is 4.04. The Labute approximate surface area is 180 Å². The molecule has 0 unspecified atom stereocenters. The summed E-state index contributed by atoms with van der Waals surface area (Å²) in [5.41, 5.74) is 5.61. The minimum atomic E-state index is -0.356. The van der Waals surface area contributed by atoms with Crippen molar-refractivity contribution in [2.24, 2.45) is 4.99 Å². The first-order chi connectivity index (χ1) is 14.2. The van der Waals surface area contributed by atoms with Crippen LogP contribution in [0.1, 0.15) is 67.6 Å². The van der Waals surface area contributed by atoms with Gasteiger partial charge in [-0.3, -0.25) is 4.99 Å². The molecule has 30 heavy (non-hydrogen) atoms. The molecule has 0 radical (unpaired) electrons. The summed E-state index contributed by atoms with van der Waals surface area (Å²) in [6, 6.07) is 13.9. The molecule has 2 aromatic rings. The van der Waals surface area contributed by atoms with Gasteiger partial charge in [-0.15, -0.1) is 0 Å². The Kier molecular flexibility index (Phi) is 6.16. The normalized spacial score (nSPS) is 17.0. The van der Waals surface area contributed by atoms with E-state index in [4.69, 9.17) is 4.74 Å². The minimum Gasteiger partial charge on any atom is -0.458 e. The Morgan fingerprint density at radius 1 is 1.03 bits per heavy atom. The van der Waals surface area contributed by atoms with E-state index in [9.17, 15) is 4.79 Å². The van der Waals surface area contributed by atoms with Crippen molar-refractivity contribution in [3.63, 3.8) is 0 Å². The fourth-order valence-electron chi connectivity index (χ4n) is 4.04. The number of carbonyl (C=O) groups is 1. The van der Waals surface area contributed by atoms with Crippen molar-refractivity contribution in [1.29, 1.82) is 0 Å². The Morgan fingerprint density at radius 2 is 1.63 bits per heavy atom. The highest BCUT2D eigenvalue weighted by atomic mass is 16.5. The highest BCUT2D eigenvalue weighted by Crippen LogP contribution is 2.45. The lowest BCUT2D eigenvalue weighted by molar-refractivity contribution is 0.0550. The lowest BCUT2D eigenvalue weighted by atomic mass is 9.63. The van der Waals surface area contributed by atoms with E-state index in [0.717, 1.165) is 17.1 Å². The molecule has 1 N–H and O–H groups in total. The van der Waals surface area contributed by atoms with Crippen LogP contribution in [-0.2, 0) is 15.6 Å². The second-order valence-corrected chi connectivity index (χ2v) is 9.19. The summed E-state index contributed by atoms with van der Waals surface area (Å²) in [7, 11) is 1.79. The van der Waals surface area contributed by atoms with Crippen LogP contribution in [0.2, 0.25) is 0 Å². The lowest BCUT2D eigenvalue weighted by Crippen LogP contribution is -2.34. The quantitative estimate of drug-likeness (QED) is 0.294. The summed E-state index contributed by atoms with van der Waals surface area (Å²) in [5, 5.41) is 3.39. The van der Waals surface area contributed by atoms with Gasteiger partial charge < -0.3 is 10.1 Å². The number of fused-ring (bicyclic) bond motifs is 1. The molecule has 0 saturated carbocycles. The molecule has 1 aliphatic carbocycles. The molecular weight excluding hydrogens is 372 g/mol. The van der Waals surface area contributed by atoms with Gasteiger partial charge in [-0.1, -0.05) is 52.5 Å². The van der Waals surface area contributed by atoms with E-state index in [1.165, 1.54) is 24.0 Å². The molecule has 4 nitrogen and oxygen atoms in total. The molecule has 0 bridgehead atoms. The van der Waals surface area contributed by atoms with Gasteiger partial charge in [-0.2, -0.15) is 0 Å². The first-order valence-electron chi connectivity index (χ1n) is 10.5. The molecule has 158 valence electrons. The van der Waals surface area contributed by atoms with Crippen molar-refractivity contribution in [3.8, 4) is 0 Å². The van der Waals surface area contributed by atoms with Gasteiger partial charge in [-0.25, -0.2) is 4.79 Å². The average molecular weight is 405 g/mol. The maximum absolute atomic E-state index is 12.0. The molecule has 0 aromatic heterocycles. The van der Waals surface area contributed by atoms with Crippen LogP contribution in [0, 0.1) is 0 Å². The summed E-state index contributed by atoms with van der Waals surface area (Å²) >= 11 is 0. The number of ether oxygens (including phenoxy) is 1. The van der Waals surface area contributed by atoms with E-state index in [-0.39, 0.29) is 23.4 Å². The minimum absolute atomic E-state index is 0.146. The third-order valence-electron chi connectivity index (χ3n) is 6.07. The van der Waals surface area contributed by atoms with Crippen LogP contribution in [0.3, 0.4) is 0 Å². The molecule has 0 fully saturated rings. The maximum Gasteiger partial charge on any atom is 0.338 e. The molecule has 0 atom stereocenters. The number of aliphatic imine (C=N–C) groups is 1. The number of anilines is 1. The van der Waals surface area contributed by atoms with Crippen molar-refractivity contribution in [2.75, 3.05) is 19.0 Å². The van der Waals surface area contributed by atoms with Gasteiger partial charge in [0, 0.05) is 18.3 Å². The Balaban J connectivity index is 1.84. The molecule has 0 saturated heterocycles. The monoisotopic (exact) mass is 404 g/mol. The predicted octanol–water partition coefficient (Wildman–Crippen LogP) is 5.87. The van der Waals surface area contributed by atoms with E-state index < -0.39 is 0 Å². The standard InChI is InChI=1S/C26H32N2O2/c1-7-16-30-24(29)18-8-11-20(12-9-18)28-23(27-6)19-10-13-21-22(17-19)26(4,5)15-14-25(21,2)3/h7-13,17H,1,14-16H2,2-6H3,(H,27,28). The third-order valence-corrected chi connectivity index (χ3v) is 6.07. The van der Waals surface area contributed by atoms with Gasteiger partial charge >= 0.3 is 5.97 Å². The van der Waals surface area contributed by atoms with Gasteiger partial charge in [0.05, 0.1) is 5.56 Å². The van der Waals surface area contributed by atoms with E-state index >= 15 is 0 Å². The summed E-state index contributed by atoms with van der Waals surface area (Å²) in [4.78, 5) is 16.4. The zero-order valence-corrected chi connectivity index (χ0v) is 18.7. The highest BCUT2D eigenvalue weighted by Gasteiger charge is 2.37. The van der Waals surface area contributed by atoms with Crippen molar-refractivity contribution in [1.82, 2.24) is 0 Å². The van der Waals surface area contributed by atoms with Crippen LogP contribution in [0.25, 0.3) is 0 Å². The fraction of sp³-hybridized carbons (Fsp3) is 0.385. The van der Waals surface area contributed by atoms with Gasteiger partial charge in [0.1, 0.15) is 12.4 Å². The topological polar surface area (TPSA) is 50.7 Å². The number of hydrogen-bond donors (Lipinski definition) is 1. The van der Waals surface area contributed by atoms with Crippen LogP contribution >= 0.6 is 0 Å². The predicted molar refractivity (Wildman–Crippen MR) is 125 cm³/mol. The largest absolute Gasteiger partial charge is 0.458 e. The first kappa shape index (κ1) is 21.8.